The van der Waals surface area contributed by atoms with E-state index in [0.29, 0.717) is 23.3 Å². The van der Waals surface area contributed by atoms with Gasteiger partial charge in [0.15, 0.2) is 11.4 Å². The Bertz CT molecular complexity index is 1400. The van der Waals surface area contributed by atoms with Crippen molar-refractivity contribution < 1.29 is 50.6 Å². The van der Waals surface area contributed by atoms with Crippen LogP contribution in [0.2, 0.25) is 0 Å². The molecule has 1 fully saturated rings. The normalized spacial score (nSPS) is 13.4. The fourth-order valence-electron chi connectivity index (χ4n) is 2.84. The summed E-state index contributed by atoms with van der Waals surface area (Å²) in [4.78, 5) is 26.7. The summed E-state index contributed by atoms with van der Waals surface area (Å²) < 4.78 is 69.0. The molecule has 5 rings (SSSR count). The predicted octanol–water partition coefficient (Wildman–Crippen LogP) is 4.57. The predicted molar refractivity (Wildman–Crippen MR) is 115 cm³/mol. The second kappa shape index (κ2) is 10.2. The smallest absolute Gasteiger partial charge is 0.475 e. The Kier molecular flexibility index (Phi) is 7.45. The van der Waals surface area contributed by atoms with Crippen LogP contribution in [0.1, 0.15) is 24.3 Å². The quantitative estimate of drug-likeness (QED) is 0.234. The van der Waals surface area contributed by atoms with Crippen LogP contribution < -0.4 is 11.1 Å². The highest BCUT2D eigenvalue weighted by Crippen LogP contribution is 2.44. The molecule has 1 aliphatic carbocycles. The summed E-state index contributed by atoms with van der Waals surface area (Å²) in [5.74, 6) is -4.15. The van der Waals surface area contributed by atoms with E-state index >= 15 is 0 Å². The van der Waals surface area contributed by atoms with Crippen LogP contribution in [-0.4, -0.2) is 54.7 Å². The molecule has 0 unspecified atom stereocenters. The van der Waals surface area contributed by atoms with E-state index in [1.165, 1.54) is 12.8 Å². The van der Waals surface area contributed by atoms with Crippen molar-refractivity contribution >= 4 is 51.4 Å². The maximum atomic E-state index is 10.6. The summed E-state index contributed by atoms with van der Waals surface area (Å²) in [6.07, 6.45) is -4.27. The van der Waals surface area contributed by atoms with E-state index in [0.717, 1.165) is 27.7 Å². The fourth-order valence-corrected chi connectivity index (χ4v) is 2.84. The Balaban J connectivity index is 0.000000227. The minimum Gasteiger partial charge on any atom is -0.475 e. The standard InChI is InChI=1S/C16H14N6O.2C2HF3O2/c17-15-14-13(11(7-23-14)8-1-2-8)20-16(21-15)19-10-4-3-9-6-18-22-12(9)5-10;2*3-2(4,5)1(6)7/h3-8H,1-2H2,(H,18,22)(H3,17,19,20,21);2*(H,6,7). The zero-order chi connectivity index (χ0) is 27.5. The molecular weight excluding hydrogens is 518 g/mol. The Morgan fingerprint density at radius 1 is 1.05 bits per heavy atom. The highest BCUT2D eigenvalue weighted by atomic mass is 19.4. The molecule has 11 nitrogen and oxygen atoms in total. The van der Waals surface area contributed by atoms with Crippen LogP contribution in [0.3, 0.4) is 0 Å². The molecule has 1 aromatic carbocycles. The van der Waals surface area contributed by atoms with Gasteiger partial charge in [0, 0.05) is 16.6 Å². The van der Waals surface area contributed by atoms with E-state index in [4.69, 9.17) is 30.0 Å². The molecule has 3 heterocycles. The van der Waals surface area contributed by atoms with Crippen LogP contribution in [0, 0.1) is 0 Å². The molecule has 0 atom stereocenters. The van der Waals surface area contributed by atoms with Gasteiger partial charge in [-0.25, -0.2) is 14.6 Å². The summed E-state index contributed by atoms with van der Waals surface area (Å²) in [5, 5.41) is 25.5. The first-order chi connectivity index (χ1) is 17.2. The van der Waals surface area contributed by atoms with Gasteiger partial charge in [-0.3, -0.25) is 5.10 Å². The number of benzene rings is 1. The fraction of sp³-hybridized carbons (Fsp3) is 0.250. The Hall–Kier alpha value is -4.57. The second-order valence-electron chi connectivity index (χ2n) is 7.48. The van der Waals surface area contributed by atoms with E-state index in [2.05, 4.69) is 25.5 Å². The zero-order valence-electron chi connectivity index (χ0n) is 18.2. The van der Waals surface area contributed by atoms with Crippen LogP contribution in [0.25, 0.3) is 22.0 Å². The van der Waals surface area contributed by atoms with Crippen molar-refractivity contribution in [3.05, 3.63) is 36.2 Å². The third-order valence-corrected chi connectivity index (χ3v) is 4.67. The number of hydrogen-bond acceptors (Lipinski definition) is 8. The molecule has 0 bridgehead atoms. The molecule has 1 aliphatic rings. The summed E-state index contributed by atoms with van der Waals surface area (Å²) in [7, 11) is 0. The number of furan rings is 1. The maximum absolute atomic E-state index is 10.6. The van der Waals surface area contributed by atoms with Gasteiger partial charge < -0.3 is 25.7 Å². The molecule has 0 spiro atoms. The highest BCUT2D eigenvalue weighted by Gasteiger charge is 2.38. The highest BCUT2D eigenvalue weighted by molar-refractivity contribution is 5.88. The van der Waals surface area contributed by atoms with Crippen molar-refractivity contribution in [3.8, 4) is 0 Å². The van der Waals surface area contributed by atoms with Gasteiger partial charge in [-0.2, -0.15) is 36.4 Å². The Labute approximate surface area is 201 Å². The SMILES string of the molecule is Nc1nc(Nc2ccc3cn[nH]c3c2)nc2c(C3CC3)coc12.O=C(O)C(F)(F)F.O=C(O)C(F)(F)F. The molecule has 198 valence electrons. The number of nitrogens with two attached hydrogens (primary N) is 1. The van der Waals surface area contributed by atoms with Gasteiger partial charge in [0.25, 0.3) is 0 Å². The number of carboxylic acid groups (broad SMARTS) is 2. The number of rotatable bonds is 3. The van der Waals surface area contributed by atoms with E-state index in [-0.39, 0.29) is 0 Å². The molecule has 17 heteroatoms. The number of alkyl halides is 6. The number of nitrogens with zero attached hydrogens (tertiary/aromatic N) is 3. The van der Waals surface area contributed by atoms with Gasteiger partial charge >= 0.3 is 24.3 Å². The minimum absolute atomic E-state index is 0.354. The lowest BCUT2D eigenvalue weighted by atomic mass is 10.2. The number of carboxylic acids is 2. The number of nitrogen functional groups attached to an aromatic ring is 1. The van der Waals surface area contributed by atoms with Gasteiger partial charge in [0.05, 0.1) is 18.0 Å². The largest absolute Gasteiger partial charge is 0.490 e. The third-order valence-electron chi connectivity index (χ3n) is 4.67. The number of anilines is 3. The number of aliphatic carboxylic acids is 2. The van der Waals surface area contributed by atoms with Crippen LogP contribution >= 0.6 is 0 Å². The first kappa shape index (κ1) is 27.0. The lowest BCUT2D eigenvalue weighted by Gasteiger charge is -2.06. The van der Waals surface area contributed by atoms with E-state index in [1.54, 1.807) is 12.5 Å². The third kappa shape index (κ3) is 6.98. The number of aromatic nitrogens is 4. The molecule has 0 saturated heterocycles. The number of nitrogens with one attached hydrogen (secondary N) is 2. The van der Waals surface area contributed by atoms with Crippen molar-refractivity contribution in [2.45, 2.75) is 31.1 Å². The van der Waals surface area contributed by atoms with Gasteiger partial charge in [0.2, 0.25) is 5.95 Å². The van der Waals surface area contributed by atoms with Gasteiger partial charge in [-0.15, -0.1) is 0 Å². The van der Waals surface area contributed by atoms with E-state index in [9.17, 15) is 26.3 Å². The van der Waals surface area contributed by atoms with Crippen molar-refractivity contribution in [2.24, 2.45) is 0 Å². The number of aromatic amines is 1. The summed E-state index contributed by atoms with van der Waals surface area (Å²) in [5.41, 5.74) is 10.3. The molecule has 0 amide bonds. The van der Waals surface area contributed by atoms with Gasteiger partial charge in [-0.1, -0.05) is 0 Å². The topological polar surface area (TPSA) is 180 Å². The van der Waals surface area contributed by atoms with Crippen molar-refractivity contribution in [2.75, 3.05) is 11.1 Å². The van der Waals surface area contributed by atoms with Crippen molar-refractivity contribution in [1.82, 2.24) is 20.2 Å². The summed E-state index contributed by atoms with van der Waals surface area (Å²) >= 11 is 0. The summed E-state index contributed by atoms with van der Waals surface area (Å²) in [6, 6.07) is 5.90. The average Bonchev–Trinajstić information content (AvgIpc) is 3.35. The number of H-pyrrole nitrogens is 1. The second-order valence-corrected chi connectivity index (χ2v) is 7.48. The van der Waals surface area contributed by atoms with Crippen LogP contribution in [0.4, 0.5) is 43.8 Å². The number of carbonyl (C=O) groups is 2. The zero-order valence-corrected chi connectivity index (χ0v) is 18.2. The number of hydrogen-bond donors (Lipinski definition) is 5. The molecule has 6 N–H and O–H groups in total. The van der Waals surface area contributed by atoms with E-state index in [1.807, 2.05) is 18.2 Å². The Morgan fingerprint density at radius 2 is 1.65 bits per heavy atom. The van der Waals surface area contributed by atoms with Gasteiger partial charge in [0.1, 0.15) is 5.52 Å². The van der Waals surface area contributed by atoms with Crippen LogP contribution in [0.5, 0.6) is 0 Å². The lowest BCUT2D eigenvalue weighted by Crippen LogP contribution is -2.21. The molecule has 1 saturated carbocycles. The first-order valence-electron chi connectivity index (χ1n) is 10.0. The van der Waals surface area contributed by atoms with E-state index < -0.39 is 24.3 Å². The molecule has 0 radical (unpaired) electrons. The van der Waals surface area contributed by atoms with Crippen molar-refractivity contribution in [3.63, 3.8) is 0 Å². The monoisotopic (exact) mass is 534 g/mol. The summed E-state index contributed by atoms with van der Waals surface area (Å²) in [6.45, 7) is 0. The van der Waals surface area contributed by atoms with Crippen LogP contribution in [-0.2, 0) is 9.59 Å². The Morgan fingerprint density at radius 3 is 2.19 bits per heavy atom. The number of fused-ring (bicyclic) bond motifs is 2. The molecule has 0 aliphatic heterocycles. The maximum Gasteiger partial charge on any atom is 0.490 e. The molecule has 37 heavy (non-hydrogen) atoms. The molecular formula is C20H16F6N6O5. The van der Waals surface area contributed by atoms with Crippen LogP contribution in [0.15, 0.2) is 35.1 Å². The minimum atomic E-state index is -5.08. The van der Waals surface area contributed by atoms with Crippen molar-refractivity contribution in [1.29, 1.82) is 0 Å². The average molecular weight is 534 g/mol. The molecule has 4 aromatic rings. The number of halogens is 6. The molecule has 3 aromatic heterocycles. The lowest BCUT2D eigenvalue weighted by molar-refractivity contribution is -0.193. The first-order valence-corrected chi connectivity index (χ1v) is 10.0. The van der Waals surface area contributed by atoms with Gasteiger partial charge in [-0.05, 0) is 37.0 Å².